The number of aryl methyl sites for hydroxylation is 1. The molecule has 1 aliphatic rings. The van der Waals surface area contributed by atoms with Gasteiger partial charge in [-0.2, -0.15) is 0 Å². The van der Waals surface area contributed by atoms with Crippen molar-refractivity contribution in [3.05, 3.63) is 47.8 Å². The lowest BCUT2D eigenvalue weighted by Gasteiger charge is -2.27. The van der Waals surface area contributed by atoms with Crippen molar-refractivity contribution in [3.8, 4) is 0 Å². The van der Waals surface area contributed by atoms with Crippen molar-refractivity contribution in [2.75, 3.05) is 52.5 Å². The van der Waals surface area contributed by atoms with Crippen LogP contribution in [0.25, 0.3) is 0 Å². The quantitative estimate of drug-likeness (QED) is 0.259. The van der Waals surface area contributed by atoms with Gasteiger partial charge in [0.25, 0.3) is 0 Å². The normalized spacial score (nSPS) is 17.2. The number of aliphatic imine (C=N–C) groups is 1. The number of nitrogens with one attached hydrogen (secondary N) is 2. The van der Waals surface area contributed by atoms with Gasteiger partial charge >= 0.3 is 0 Å². The van der Waals surface area contributed by atoms with Gasteiger partial charge in [0.15, 0.2) is 5.96 Å². The second-order valence-corrected chi connectivity index (χ2v) is 7.49. The first-order chi connectivity index (χ1) is 14.0. The van der Waals surface area contributed by atoms with Crippen LogP contribution in [0.1, 0.15) is 24.2 Å². The van der Waals surface area contributed by atoms with Gasteiger partial charge in [0.2, 0.25) is 0 Å². The van der Waals surface area contributed by atoms with Gasteiger partial charge in [0.1, 0.15) is 22.9 Å². The molecule has 2 aromatic heterocycles. The van der Waals surface area contributed by atoms with Crippen LogP contribution in [-0.4, -0.2) is 68.4 Å². The molecule has 0 spiro atoms. The summed E-state index contributed by atoms with van der Waals surface area (Å²) >= 11 is 0. The van der Waals surface area contributed by atoms with Crippen LogP contribution in [0.2, 0.25) is 0 Å². The van der Waals surface area contributed by atoms with E-state index in [9.17, 15) is 5.11 Å². The highest BCUT2D eigenvalue weighted by Crippen LogP contribution is 2.23. The zero-order valence-corrected chi connectivity index (χ0v) is 20.1. The molecule has 9 heteroatoms. The summed E-state index contributed by atoms with van der Waals surface area (Å²) in [5.41, 5.74) is -1.17. The maximum Gasteiger partial charge on any atom is 0.191 e. The summed E-state index contributed by atoms with van der Waals surface area (Å²) in [6.45, 7) is 9.58. The van der Waals surface area contributed by atoms with Crippen molar-refractivity contribution in [2.24, 2.45) is 4.99 Å². The minimum Gasteiger partial charge on any atom is -0.469 e. The lowest BCUT2D eigenvalue weighted by Crippen LogP contribution is -2.45. The molecule has 30 heavy (non-hydrogen) atoms. The fourth-order valence-electron chi connectivity index (χ4n) is 3.13. The Morgan fingerprint density at radius 1 is 1.20 bits per heavy atom. The lowest BCUT2D eigenvalue weighted by molar-refractivity contribution is 0.0387. The van der Waals surface area contributed by atoms with E-state index in [0.717, 1.165) is 57.3 Å². The Bertz CT molecular complexity index is 755. The third-order valence-electron chi connectivity index (χ3n) is 4.88. The third-order valence-corrected chi connectivity index (χ3v) is 4.88. The predicted octanol–water partition coefficient (Wildman–Crippen LogP) is 2.12. The molecular formula is C21H33IN4O4. The monoisotopic (exact) mass is 532 g/mol. The van der Waals surface area contributed by atoms with Crippen molar-refractivity contribution in [1.29, 1.82) is 0 Å². The van der Waals surface area contributed by atoms with Gasteiger partial charge in [-0.15, -0.1) is 24.0 Å². The highest BCUT2D eigenvalue weighted by Gasteiger charge is 2.26. The number of halogens is 1. The number of hydrogen-bond acceptors (Lipinski definition) is 6. The summed E-state index contributed by atoms with van der Waals surface area (Å²) in [6.07, 6.45) is 2.43. The van der Waals surface area contributed by atoms with Gasteiger partial charge in [0.05, 0.1) is 26.0 Å². The number of aliphatic hydroxyl groups is 1. The molecular weight excluding hydrogens is 499 g/mol. The fourth-order valence-corrected chi connectivity index (χ4v) is 3.13. The van der Waals surface area contributed by atoms with E-state index in [2.05, 4.69) is 20.5 Å². The van der Waals surface area contributed by atoms with Gasteiger partial charge in [-0.3, -0.25) is 4.90 Å². The van der Waals surface area contributed by atoms with Crippen LogP contribution in [0.4, 0.5) is 0 Å². The lowest BCUT2D eigenvalue weighted by atomic mass is 10.0. The van der Waals surface area contributed by atoms with E-state index in [1.165, 1.54) is 0 Å². The average Bonchev–Trinajstić information content (AvgIpc) is 3.39. The van der Waals surface area contributed by atoms with Crippen LogP contribution >= 0.6 is 24.0 Å². The number of furan rings is 2. The predicted molar refractivity (Wildman–Crippen MR) is 126 cm³/mol. The molecule has 0 amide bonds. The Morgan fingerprint density at radius 2 is 1.97 bits per heavy atom. The smallest absolute Gasteiger partial charge is 0.191 e. The van der Waals surface area contributed by atoms with Crippen LogP contribution in [0.5, 0.6) is 0 Å². The summed E-state index contributed by atoms with van der Waals surface area (Å²) in [4.78, 5) is 6.95. The van der Waals surface area contributed by atoms with Crippen molar-refractivity contribution >= 4 is 29.9 Å². The Kier molecular flexibility index (Phi) is 10.2. The molecule has 1 atom stereocenters. The molecule has 0 radical (unpaired) electrons. The summed E-state index contributed by atoms with van der Waals surface area (Å²) in [5, 5.41) is 17.4. The molecule has 1 saturated heterocycles. The van der Waals surface area contributed by atoms with Crippen LogP contribution in [0, 0.1) is 6.92 Å². The topological polar surface area (TPSA) is 95.4 Å². The average molecular weight is 532 g/mol. The molecule has 1 fully saturated rings. The van der Waals surface area contributed by atoms with Crippen molar-refractivity contribution in [2.45, 2.75) is 25.9 Å². The van der Waals surface area contributed by atoms with Crippen LogP contribution in [-0.2, 0) is 16.8 Å². The Hall–Kier alpha value is -1.56. The number of morpholine rings is 1. The maximum absolute atomic E-state index is 10.8. The van der Waals surface area contributed by atoms with Crippen LogP contribution in [0.3, 0.4) is 0 Å². The number of ether oxygens (including phenoxy) is 1. The van der Waals surface area contributed by atoms with E-state index in [1.807, 2.05) is 25.1 Å². The minimum atomic E-state index is -1.17. The van der Waals surface area contributed by atoms with E-state index in [-0.39, 0.29) is 30.5 Å². The van der Waals surface area contributed by atoms with Gasteiger partial charge in [-0.25, -0.2) is 4.99 Å². The van der Waals surface area contributed by atoms with E-state index in [4.69, 9.17) is 13.6 Å². The first kappa shape index (κ1) is 24.7. The molecule has 0 aromatic carbocycles. The SMILES string of the molecule is Cc1ccc(C(C)(O)CN=C(NCCc2ccco2)NCCN2CCOCC2)o1.I. The Morgan fingerprint density at radius 3 is 2.63 bits per heavy atom. The largest absolute Gasteiger partial charge is 0.469 e. The number of guanidine groups is 1. The summed E-state index contributed by atoms with van der Waals surface area (Å²) in [6, 6.07) is 7.47. The van der Waals surface area contributed by atoms with Crippen LogP contribution < -0.4 is 10.6 Å². The summed E-state index contributed by atoms with van der Waals surface area (Å²) in [5.74, 6) is 2.86. The summed E-state index contributed by atoms with van der Waals surface area (Å²) in [7, 11) is 0. The van der Waals surface area contributed by atoms with Gasteiger partial charge < -0.3 is 29.3 Å². The molecule has 0 saturated carbocycles. The van der Waals surface area contributed by atoms with E-state index in [0.29, 0.717) is 18.3 Å². The molecule has 1 unspecified atom stereocenters. The maximum atomic E-state index is 10.8. The minimum absolute atomic E-state index is 0. The molecule has 168 valence electrons. The van der Waals surface area contributed by atoms with Gasteiger partial charge in [-0.05, 0) is 38.1 Å². The summed E-state index contributed by atoms with van der Waals surface area (Å²) < 4.78 is 16.4. The Labute approximate surface area is 195 Å². The molecule has 3 heterocycles. The highest BCUT2D eigenvalue weighted by molar-refractivity contribution is 14.0. The second-order valence-electron chi connectivity index (χ2n) is 7.49. The van der Waals surface area contributed by atoms with Crippen molar-refractivity contribution in [1.82, 2.24) is 15.5 Å². The number of hydrogen-bond donors (Lipinski definition) is 3. The number of rotatable bonds is 9. The molecule has 1 aliphatic heterocycles. The van der Waals surface area contributed by atoms with Gasteiger partial charge in [0, 0.05) is 39.1 Å². The van der Waals surface area contributed by atoms with Crippen molar-refractivity contribution in [3.63, 3.8) is 0 Å². The number of nitrogens with zero attached hydrogens (tertiary/aromatic N) is 2. The highest BCUT2D eigenvalue weighted by atomic mass is 127. The molecule has 3 rings (SSSR count). The van der Waals surface area contributed by atoms with E-state index >= 15 is 0 Å². The molecule has 2 aromatic rings. The standard InChI is InChI=1S/C21H32N4O4.HI/c1-17-5-6-19(29-17)21(2,26)16-24-20(22-8-7-18-4-3-13-28-18)23-9-10-25-11-14-27-15-12-25;/h3-6,13,26H,7-12,14-16H2,1-2H3,(H2,22,23,24);1H. The zero-order chi connectivity index (χ0) is 20.5. The Balaban J connectivity index is 0.00000320. The van der Waals surface area contributed by atoms with Crippen molar-refractivity contribution < 1.29 is 18.7 Å². The molecule has 0 bridgehead atoms. The third kappa shape index (κ3) is 7.93. The first-order valence-electron chi connectivity index (χ1n) is 10.2. The second kappa shape index (κ2) is 12.3. The molecule has 8 nitrogen and oxygen atoms in total. The molecule has 3 N–H and O–H groups in total. The van der Waals surface area contributed by atoms with Gasteiger partial charge in [-0.1, -0.05) is 0 Å². The van der Waals surface area contributed by atoms with E-state index < -0.39 is 5.60 Å². The zero-order valence-electron chi connectivity index (χ0n) is 17.7. The van der Waals surface area contributed by atoms with E-state index in [1.54, 1.807) is 19.3 Å². The molecule has 0 aliphatic carbocycles. The first-order valence-corrected chi connectivity index (χ1v) is 10.2. The fraction of sp³-hybridized carbons (Fsp3) is 0.571. The van der Waals surface area contributed by atoms with Crippen LogP contribution in [0.15, 0.2) is 44.4 Å².